The van der Waals surface area contributed by atoms with E-state index in [-0.39, 0.29) is 0 Å². The molecule has 0 saturated heterocycles. The Morgan fingerprint density at radius 3 is 2.82 bits per heavy atom. The van der Waals surface area contributed by atoms with E-state index in [4.69, 9.17) is 10.8 Å². The molecular formula is C8H13NO2. The molecule has 1 aliphatic carbocycles. The number of carbonyl (C=O) groups is 1. The van der Waals surface area contributed by atoms with Crippen LogP contribution in [0.3, 0.4) is 0 Å². The zero-order chi connectivity index (χ0) is 8.43. The van der Waals surface area contributed by atoms with Crippen LogP contribution in [-0.4, -0.2) is 17.1 Å². The average molecular weight is 155 g/mol. The van der Waals surface area contributed by atoms with Gasteiger partial charge in [-0.05, 0) is 25.2 Å². The summed E-state index contributed by atoms with van der Waals surface area (Å²) in [4.78, 5) is 10.3. The van der Waals surface area contributed by atoms with Gasteiger partial charge in [-0.15, -0.1) is 0 Å². The van der Waals surface area contributed by atoms with E-state index in [1.807, 2.05) is 0 Å². The molecule has 11 heavy (non-hydrogen) atoms. The van der Waals surface area contributed by atoms with Crippen LogP contribution in [0, 0.1) is 5.92 Å². The highest BCUT2D eigenvalue weighted by Crippen LogP contribution is 2.34. The summed E-state index contributed by atoms with van der Waals surface area (Å²) in [6.07, 6.45) is 2.64. The molecular weight excluding hydrogens is 142 g/mol. The number of nitrogens with two attached hydrogens (primary N) is 1. The quantitative estimate of drug-likeness (QED) is 0.591. The molecule has 0 radical (unpaired) electrons. The Labute approximate surface area is 65.9 Å². The minimum absolute atomic E-state index is 0.362. The molecule has 1 saturated carbocycles. The molecule has 1 rings (SSSR count). The topological polar surface area (TPSA) is 63.3 Å². The van der Waals surface area contributed by atoms with Gasteiger partial charge in [0.25, 0.3) is 0 Å². The molecule has 62 valence electrons. The maximum atomic E-state index is 10.3. The summed E-state index contributed by atoms with van der Waals surface area (Å²) in [5.41, 5.74) is 6.50. The van der Waals surface area contributed by atoms with Crippen LogP contribution in [0.1, 0.15) is 19.3 Å². The van der Waals surface area contributed by atoms with Gasteiger partial charge >= 0.3 is 5.97 Å². The van der Waals surface area contributed by atoms with Crippen LogP contribution >= 0.6 is 0 Å². The van der Waals surface area contributed by atoms with Gasteiger partial charge in [-0.3, -0.25) is 4.79 Å². The highest BCUT2D eigenvalue weighted by atomic mass is 16.4. The average Bonchev–Trinajstić information content (AvgIpc) is 1.96. The van der Waals surface area contributed by atoms with Crippen LogP contribution in [0.5, 0.6) is 0 Å². The molecule has 0 aromatic heterocycles. The van der Waals surface area contributed by atoms with Crippen molar-refractivity contribution in [3.05, 3.63) is 12.2 Å². The number of allylic oxidation sites excluding steroid dienone is 1. The highest BCUT2D eigenvalue weighted by molar-refractivity contribution is 5.73. The van der Waals surface area contributed by atoms with Crippen molar-refractivity contribution in [3.63, 3.8) is 0 Å². The largest absolute Gasteiger partial charge is 0.480 e. The molecule has 3 N–H and O–H groups in total. The van der Waals surface area contributed by atoms with Gasteiger partial charge in [-0.25, -0.2) is 0 Å². The fourth-order valence-corrected chi connectivity index (χ4v) is 1.24. The molecule has 2 unspecified atom stereocenters. The third-order valence-corrected chi connectivity index (χ3v) is 2.25. The molecule has 0 bridgehead atoms. The first-order chi connectivity index (χ1) is 5.11. The Balaban J connectivity index is 2.30. The summed E-state index contributed by atoms with van der Waals surface area (Å²) < 4.78 is 0. The smallest absolute Gasteiger partial charge is 0.320 e. The standard InChI is InChI=1S/C8H13NO2/c1-5-2-3-6(5)4-7(9)8(10)11/h6-7H,1-4,9H2,(H,10,11). The molecule has 0 spiro atoms. The second kappa shape index (κ2) is 3.05. The van der Waals surface area contributed by atoms with Crippen molar-refractivity contribution in [3.8, 4) is 0 Å². The lowest BCUT2D eigenvalue weighted by Gasteiger charge is -2.29. The summed E-state index contributed by atoms with van der Waals surface area (Å²) >= 11 is 0. The predicted octanol–water partition coefficient (Wildman–Crippen LogP) is 0.755. The van der Waals surface area contributed by atoms with Gasteiger partial charge in [0.2, 0.25) is 0 Å². The van der Waals surface area contributed by atoms with Crippen molar-refractivity contribution >= 4 is 5.97 Å². The second-order valence-corrected chi connectivity index (χ2v) is 3.07. The second-order valence-electron chi connectivity index (χ2n) is 3.07. The highest BCUT2D eigenvalue weighted by Gasteiger charge is 2.26. The van der Waals surface area contributed by atoms with Crippen LogP contribution < -0.4 is 5.73 Å². The molecule has 2 atom stereocenters. The Bertz CT molecular complexity index is 181. The van der Waals surface area contributed by atoms with E-state index in [2.05, 4.69) is 6.58 Å². The Kier molecular flexibility index (Phi) is 2.29. The van der Waals surface area contributed by atoms with Crippen LogP contribution in [0.15, 0.2) is 12.2 Å². The van der Waals surface area contributed by atoms with E-state index in [1.165, 1.54) is 0 Å². The van der Waals surface area contributed by atoms with Gasteiger partial charge in [0, 0.05) is 0 Å². The van der Waals surface area contributed by atoms with E-state index in [0.29, 0.717) is 12.3 Å². The molecule has 3 heteroatoms. The first-order valence-corrected chi connectivity index (χ1v) is 3.77. The summed E-state index contributed by atoms with van der Waals surface area (Å²) in [6, 6.07) is -0.711. The Hall–Kier alpha value is -0.830. The third kappa shape index (κ3) is 1.80. The number of rotatable bonds is 3. The maximum Gasteiger partial charge on any atom is 0.320 e. The van der Waals surface area contributed by atoms with Gasteiger partial charge in [-0.1, -0.05) is 12.2 Å². The molecule has 0 aromatic rings. The maximum absolute atomic E-state index is 10.3. The van der Waals surface area contributed by atoms with E-state index in [1.54, 1.807) is 0 Å². The summed E-state index contributed by atoms with van der Waals surface area (Å²) in [5, 5.41) is 8.48. The van der Waals surface area contributed by atoms with Crippen molar-refractivity contribution in [2.24, 2.45) is 11.7 Å². The molecule has 1 fully saturated rings. The van der Waals surface area contributed by atoms with Gasteiger partial charge in [0.1, 0.15) is 6.04 Å². The number of carboxylic acid groups (broad SMARTS) is 1. The van der Waals surface area contributed by atoms with E-state index < -0.39 is 12.0 Å². The van der Waals surface area contributed by atoms with E-state index in [9.17, 15) is 4.79 Å². The zero-order valence-corrected chi connectivity index (χ0v) is 6.42. The lowest BCUT2D eigenvalue weighted by atomic mass is 9.77. The van der Waals surface area contributed by atoms with Crippen molar-refractivity contribution in [2.75, 3.05) is 0 Å². The van der Waals surface area contributed by atoms with Gasteiger partial charge in [0.15, 0.2) is 0 Å². The SMILES string of the molecule is C=C1CCC1CC(N)C(=O)O. The first kappa shape index (κ1) is 8.27. The Morgan fingerprint density at radius 1 is 1.91 bits per heavy atom. The normalized spacial score (nSPS) is 25.9. The minimum atomic E-state index is -0.912. The number of aliphatic carboxylic acids is 1. The van der Waals surface area contributed by atoms with Crippen molar-refractivity contribution in [1.29, 1.82) is 0 Å². The van der Waals surface area contributed by atoms with Crippen LogP contribution in [0.25, 0.3) is 0 Å². The van der Waals surface area contributed by atoms with Gasteiger partial charge in [0.05, 0.1) is 0 Å². The summed E-state index contributed by atoms with van der Waals surface area (Å²) in [6.45, 7) is 3.81. The van der Waals surface area contributed by atoms with Crippen LogP contribution in [0.2, 0.25) is 0 Å². The zero-order valence-electron chi connectivity index (χ0n) is 6.42. The van der Waals surface area contributed by atoms with Gasteiger partial charge in [-0.2, -0.15) is 0 Å². The van der Waals surface area contributed by atoms with Crippen molar-refractivity contribution < 1.29 is 9.90 Å². The molecule has 0 aromatic carbocycles. The number of hydrogen-bond acceptors (Lipinski definition) is 2. The van der Waals surface area contributed by atoms with Crippen molar-refractivity contribution in [1.82, 2.24) is 0 Å². The first-order valence-electron chi connectivity index (χ1n) is 3.77. The lowest BCUT2D eigenvalue weighted by molar-refractivity contribution is -0.138. The van der Waals surface area contributed by atoms with E-state index >= 15 is 0 Å². The van der Waals surface area contributed by atoms with Crippen molar-refractivity contribution in [2.45, 2.75) is 25.3 Å². The monoisotopic (exact) mass is 155 g/mol. The number of carboxylic acids is 1. The fourth-order valence-electron chi connectivity index (χ4n) is 1.24. The summed E-state index contributed by atoms with van der Waals surface area (Å²) in [5.74, 6) is -0.550. The fraction of sp³-hybridized carbons (Fsp3) is 0.625. The van der Waals surface area contributed by atoms with Crippen LogP contribution in [-0.2, 0) is 4.79 Å². The van der Waals surface area contributed by atoms with Gasteiger partial charge < -0.3 is 10.8 Å². The molecule has 1 aliphatic rings. The molecule has 0 amide bonds. The number of hydrogen-bond donors (Lipinski definition) is 2. The predicted molar refractivity (Wildman–Crippen MR) is 42.1 cm³/mol. The Morgan fingerprint density at radius 2 is 2.55 bits per heavy atom. The van der Waals surface area contributed by atoms with E-state index in [0.717, 1.165) is 18.4 Å². The van der Waals surface area contributed by atoms with Crippen LogP contribution in [0.4, 0.5) is 0 Å². The summed E-state index contributed by atoms with van der Waals surface area (Å²) in [7, 11) is 0. The third-order valence-electron chi connectivity index (χ3n) is 2.25. The lowest BCUT2D eigenvalue weighted by Crippen LogP contribution is -2.34. The molecule has 0 aliphatic heterocycles. The minimum Gasteiger partial charge on any atom is -0.480 e. The molecule has 0 heterocycles. The molecule has 3 nitrogen and oxygen atoms in total.